The van der Waals surface area contributed by atoms with Gasteiger partial charge in [-0.2, -0.15) is 0 Å². The van der Waals surface area contributed by atoms with Crippen LogP contribution in [0.1, 0.15) is 11.1 Å². The summed E-state index contributed by atoms with van der Waals surface area (Å²) in [6.07, 6.45) is 0. The van der Waals surface area contributed by atoms with Crippen LogP contribution in [0.15, 0.2) is 42.5 Å². The molecule has 0 atom stereocenters. The Morgan fingerprint density at radius 3 is 2.45 bits per heavy atom. The second-order valence-corrected chi connectivity index (χ2v) is 5.06. The highest BCUT2D eigenvalue weighted by Crippen LogP contribution is 2.25. The van der Waals surface area contributed by atoms with E-state index in [4.69, 9.17) is 17.0 Å². The number of rotatable bonds is 3. The van der Waals surface area contributed by atoms with E-state index in [0.717, 1.165) is 22.7 Å². The molecule has 0 aliphatic heterocycles. The van der Waals surface area contributed by atoms with Crippen LogP contribution in [0.3, 0.4) is 0 Å². The Balaban J connectivity index is 2.10. The molecule has 0 unspecified atom stereocenters. The number of methoxy groups -OCH3 is 1. The normalized spacial score (nSPS) is 9.95. The summed E-state index contributed by atoms with van der Waals surface area (Å²) in [5.41, 5.74) is 4.16. The van der Waals surface area contributed by atoms with Gasteiger partial charge in [0.2, 0.25) is 0 Å². The van der Waals surface area contributed by atoms with Gasteiger partial charge in [-0.1, -0.05) is 18.2 Å². The van der Waals surface area contributed by atoms with Crippen LogP contribution in [0.25, 0.3) is 0 Å². The molecule has 0 heterocycles. The Morgan fingerprint density at radius 2 is 1.75 bits per heavy atom. The highest BCUT2D eigenvalue weighted by atomic mass is 32.1. The molecule has 3 nitrogen and oxygen atoms in total. The van der Waals surface area contributed by atoms with Gasteiger partial charge in [-0.3, -0.25) is 0 Å². The smallest absolute Gasteiger partial charge is 0.175 e. The average molecular weight is 286 g/mol. The van der Waals surface area contributed by atoms with Crippen LogP contribution in [0, 0.1) is 13.8 Å². The van der Waals surface area contributed by atoms with E-state index in [1.807, 2.05) is 56.3 Å². The molecule has 0 aliphatic rings. The molecule has 0 bridgehead atoms. The van der Waals surface area contributed by atoms with Crippen molar-refractivity contribution in [1.29, 1.82) is 0 Å². The second kappa shape index (κ2) is 6.39. The fourth-order valence-corrected chi connectivity index (χ4v) is 2.15. The maximum absolute atomic E-state index is 5.33. The number of ether oxygens (including phenoxy) is 1. The minimum Gasteiger partial charge on any atom is -0.495 e. The lowest BCUT2D eigenvalue weighted by Crippen LogP contribution is -2.19. The largest absolute Gasteiger partial charge is 0.495 e. The Morgan fingerprint density at radius 1 is 1.00 bits per heavy atom. The monoisotopic (exact) mass is 286 g/mol. The summed E-state index contributed by atoms with van der Waals surface area (Å²) < 4.78 is 5.32. The Kier molecular flexibility index (Phi) is 4.58. The van der Waals surface area contributed by atoms with E-state index in [1.54, 1.807) is 7.11 Å². The van der Waals surface area contributed by atoms with E-state index in [0.29, 0.717) is 5.11 Å². The van der Waals surface area contributed by atoms with Gasteiger partial charge in [-0.25, -0.2) is 0 Å². The molecule has 2 aromatic carbocycles. The van der Waals surface area contributed by atoms with Crippen molar-refractivity contribution in [3.8, 4) is 5.75 Å². The number of hydrogen-bond donors (Lipinski definition) is 2. The molecule has 2 aromatic rings. The summed E-state index contributed by atoms with van der Waals surface area (Å²) in [6, 6.07) is 14.0. The van der Waals surface area contributed by atoms with E-state index >= 15 is 0 Å². The minimum atomic E-state index is 0.541. The Labute approximate surface area is 125 Å². The number of hydrogen-bond acceptors (Lipinski definition) is 2. The molecule has 0 saturated heterocycles. The molecule has 0 fully saturated rings. The maximum atomic E-state index is 5.33. The van der Waals surface area contributed by atoms with Crippen molar-refractivity contribution in [3.63, 3.8) is 0 Å². The fraction of sp³-hybridized carbons (Fsp3) is 0.188. The maximum Gasteiger partial charge on any atom is 0.175 e. The average Bonchev–Trinajstić information content (AvgIpc) is 2.38. The van der Waals surface area contributed by atoms with Crippen LogP contribution in [0.5, 0.6) is 5.75 Å². The summed E-state index contributed by atoms with van der Waals surface area (Å²) >= 11 is 5.33. The lowest BCUT2D eigenvalue weighted by Gasteiger charge is -2.14. The highest BCUT2D eigenvalue weighted by Gasteiger charge is 2.05. The van der Waals surface area contributed by atoms with Crippen molar-refractivity contribution in [2.45, 2.75) is 13.8 Å². The second-order valence-electron chi connectivity index (χ2n) is 4.65. The minimum absolute atomic E-state index is 0.541. The molecule has 0 amide bonds. The predicted octanol–water partition coefficient (Wildman–Crippen LogP) is 4.12. The molecule has 0 spiro atoms. The number of nitrogens with one attached hydrogen (secondary N) is 2. The van der Waals surface area contributed by atoms with Gasteiger partial charge in [-0.05, 0) is 61.5 Å². The summed E-state index contributed by atoms with van der Waals surface area (Å²) in [5.74, 6) is 0.768. The third-order valence-corrected chi connectivity index (χ3v) is 3.08. The standard InChI is InChI=1S/C16H18N2OS/c1-11-5-4-6-13(9-11)17-16(20)18-14-10-12(2)7-8-15(14)19-3/h4-10H,1-3H3,(H2,17,18,20). The first-order valence-corrected chi connectivity index (χ1v) is 6.78. The Bertz CT molecular complexity index is 626. The van der Waals surface area contributed by atoms with Crippen molar-refractivity contribution in [2.24, 2.45) is 0 Å². The zero-order valence-corrected chi connectivity index (χ0v) is 12.7. The number of thiocarbonyl (C=S) groups is 1. The zero-order valence-electron chi connectivity index (χ0n) is 11.9. The quantitative estimate of drug-likeness (QED) is 0.832. The summed E-state index contributed by atoms with van der Waals surface area (Å²) in [6.45, 7) is 4.08. The van der Waals surface area contributed by atoms with Gasteiger partial charge in [-0.15, -0.1) is 0 Å². The first-order chi connectivity index (χ1) is 9.58. The van der Waals surface area contributed by atoms with Crippen LogP contribution in [-0.4, -0.2) is 12.2 Å². The number of benzene rings is 2. The van der Waals surface area contributed by atoms with Crippen LogP contribution in [0.2, 0.25) is 0 Å². The van der Waals surface area contributed by atoms with Crippen LogP contribution >= 0.6 is 12.2 Å². The van der Waals surface area contributed by atoms with E-state index in [-0.39, 0.29) is 0 Å². The third-order valence-electron chi connectivity index (χ3n) is 2.88. The molecular formula is C16H18N2OS. The zero-order chi connectivity index (χ0) is 14.5. The van der Waals surface area contributed by atoms with Crippen molar-refractivity contribution < 1.29 is 4.74 Å². The Hall–Kier alpha value is -2.07. The molecule has 0 saturated carbocycles. The summed E-state index contributed by atoms with van der Waals surface area (Å²) in [4.78, 5) is 0. The molecule has 0 aromatic heterocycles. The molecule has 4 heteroatoms. The van der Waals surface area contributed by atoms with Gasteiger partial charge >= 0.3 is 0 Å². The number of anilines is 2. The molecule has 2 N–H and O–H groups in total. The first kappa shape index (κ1) is 14.3. The van der Waals surface area contributed by atoms with E-state index in [9.17, 15) is 0 Å². The van der Waals surface area contributed by atoms with Gasteiger partial charge in [0.05, 0.1) is 12.8 Å². The van der Waals surface area contributed by atoms with Crippen LogP contribution in [0.4, 0.5) is 11.4 Å². The van der Waals surface area contributed by atoms with Crippen LogP contribution < -0.4 is 15.4 Å². The summed E-state index contributed by atoms with van der Waals surface area (Å²) in [7, 11) is 1.65. The lowest BCUT2D eigenvalue weighted by molar-refractivity contribution is 0.417. The summed E-state index contributed by atoms with van der Waals surface area (Å²) in [5, 5.41) is 6.87. The van der Waals surface area contributed by atoms with Crippen molar-refractivity contribution >= 4 is 28.7 Å². The van der Waals surface area contributed by atoms with Gasteiger partial charge in [0.25, 0.3) is 0 Å². The van der Waals surface area contributed by atoms with E-state index < -0.39 is 0 Å². The predicted molar refractivity (Wildman–Crippen MR) is 88.8 cm³/mol. The third kappa shape index (κ3) is 3.71. The van der Waals surface area contributed by atoms with Gasteiger partial charge in [0.1, 0.15) is 5.75 Å². The lowest BCUT2D eigenvalue weighted by atomic mass is 10.2. The first-order valence-electron chi connectivity index (χ1n) is 6.38. The molecule has 0 radical (unpaired) electrons. The molecule has 0 aliphatic carbocycles. The SMILES string of the molecule is COc1ccc(C)cc1NC(=S)Nc1cccc(C)c1. The fourth-order valence-electron chi connectivity index (χ4n) is 1.93. The molecule has 2 rings (SSSR count). The van der Waals surface area contributed by atoms with Gasteiger partial charge in [0, 0.05) is 5.69 Å². The molecular weight excluding hydrogens is 268 g/mol. The van der Waals surface area contributed by atoms with Crippen molar-refractivity contribution in [1.82, 2.24) is 0 Å². The highest BCUT2D eigenvalue weighted by molar-refractivity contribution is 7.80. The van der Waals surface area contributed by atoms with Crippen LogP contribution in [-0.2, 0) is 0 Å². The molecule has 104 valence electrons. The van der Waals surface area contributed by atoms with Gasteiger partial charge in [0.15, 0.2) is 5.11 Å². The van der Waals surface area contributed by atoms with E-state index in [2.05, 4.69) is 10.6 Å². The molecule has 20 heavy (non-hydrogen) atoms. The van der Waals surface area contributed by atoms with E-state index in [1.165, 1.54) is 5.56 Å². The van der Waals surface area contributed by atoms with Crippen molar-refractivity contribution in [3.05, 3.63) is 53.6 Å². The number of aryl methyl sites for hydroxylation is 2. The van der Waals surface area contributed by atoms with Crippen molar-refractivity contribution in [2.75, 3.05) is 17.7 Å². The van der Waals surface area contributed by atoms with Gasteiger partial charge < -0.3 is 15.4 Å². The topological polar surface area (TPSA) is 33.3 Å².